The predicted molar refractivity (Wildman–Crippen MR) is 111 cm³/mol. The molecule has 0 N–H and O–H groups in total. The first-order chi connectivity index (χ1) is 13.0. The number of hydrogen-bond acceptors (Lipinski definition) is 4. The zero-order valence-corrected chi connectivity index (χ0v) is 20.7. The Morgan fingerprint density at radius 1 is 0.704 bits per heavy atom. The molecule has 0 aliphatic rings. The molecule has 0 fully saturated rings. The van der Waals surface area contributed by atoms with Gasteiger partial charge in [-0.15, -0.1) is 0 Å². The third-order valence-electron chi connectivity index (χ3n) is 4.35. The zero-order valence-electron chi connectivity index (χ0n) is 17.8. The van der Waals surface area contributed by atoms with Crippen LogP contribution in [-0.2, 0) is 9.59 Å². The van der Waals surface area contributed by atoms with Gasteiger partial charge in [0.15, 0.2) is 0 Å². The number of hydrogen-bond donors (Lipinski definition) is 0. The number of carbonyl (C=O) groups is 2. The molecule has 0 atom stereocenters. The van der Waals surface area contributed by atoms with Crippen LogP contribution in [0.2, 0.25) is 8.87 Å². The summed E-state index contributed by atoms with van der Waals surface area (Å²) in [6, 6.07) is 0. The van der Waals surface area contributed by atoms with E-state index >= 15 is 0 Å². The number of unbranched alkanes of at least 4 members (excludes halogenated alkanes) is 10. The van der Waals surface area contributed by atoms with Gasteiger partial charge in [0.2, 0.25) is 0 Å². The summed E-state index contributed by atoms with van der Waals surface area (Å²) >= 11 is 0.0736. The Hall–Kier alpha value is -0.521. The van der Waals surface area contributed by atoms with Gasteiger partial charge < -0.3 is 19.8 Å². The average molecular weight is 487 g/mol. The van der Waals surface area contributed by atoms with Crippen molar-refractivity contribution in [1.29, 1.82) is 0 Å². The van der Waals surface area contributed by atoms with E-state index < -0.39 is 11.9 Å². The van der Waals surface area contributed by atoms with E-state index in [-0.39, 0.29) is 33.1 Å². The minimum atomic E-state index is -1.51. The van der Waals surface area contributed by atoms with E-state index in [1.807, 2.05) is 0 Å². The van der Waals surface area contributed by atoms with Gasteiger partial charge in [0.1, 0.15) is 0 Å². The molecule has 0 bridgehead atoms. The third kappa shape index (κ3) is 25.5. The summed E-state index contributed by atoms with van der Waals surface area (Å²) in [4.78, 5) is 19.8. The first kappa shape index (κ1) is 28.7. The summed E-state index contributed by atoms with van der Waals surface area (Å²) in [6.07, 6.45) is 18.5. The average Bonchev–Trinajstić information content (AvgIpc) is 2.63. The second-order valence-corrected chi connectivity index (χ2v) is 11.2. The summed E-state index contributed by atoms with van der Waals surface area (Å²) in [6.45, 7) is 6.12. The third-order valence-corrected chi connectivity index (χ3v) is 8.39. The van der Waals surface area contributed by atoms with Crippen molar-refractivity contribution in [1.82, 2.24) is 0 Å². The van der Waals surface area contributed by atoms with Gasteiger partial charge >= 0.3 is 121 Å². The van der Waals surface area contributed by atoms with E-state index in [9.17, 15) is 19.8 Å². The molecule has 0 saturated carbocycles. The molecule has 0 spiro atoms. The van der Waals surface area contributed by atoms with E-state index in [4.69, 9.17) is 0 Å². The van der Waals surface area contributed by atoms with Crippen LogP contribution in [0, 0.1) is 0 Å². The van der Waals surface area contributed by atoms with Crippen LogP contribution >= 0.6 is 0 Å². The van der Waals surface area contributed by atoms with Crippen molar-refractivity contribution >= 4 is 33.1 Å². The topological polar surface area (TPSA) is 80.3 Å². The fourth-order valence-electron chi connectivity index (χ4n) is 2.63. The van der Waals surface area contributed by atoms with Gasteiger partial charge in [-0.1, -0.05) is 6.92 Å². The summed E-state index contributed by atoms with van der Waals surface area (Å²) in [5.41, 5.74) is -0.264. The Morgan fingerprint density at radius 2 is 1.11 bits per heavy atom. The first-order valence-electron chi connectivity index (χ1n) is 10.8. The molecule has 156 valence electrons. The molecular formula is C22H40O4Sn. The van der Waals surface area contributed by atoms with Crippen LogP contribution in [0.25, 0.3) is 0 Å². The molecule has 4 nitrogen and oxygen atoms in total. The number of carboxylic acid groups (broad SMARTS) is 2. The van der Waals surface area contributed by atoms with Crippen LogP contribution in [-0.4, -0.2) is 33.1 Å². The molecule has 27 heavy (non-hydrogen) atoms. The van der Waals surface area contributed by atoms with Gasteiger partial charge in [-0.2, -0.15) is 0 Å². The summed E-state index contributed by atoms with van der Waals surface area (Å²) < 4.78 is 3.31. The van der Waals surface area contributed by atoms with Crippen LogP contribution in [0.1, 0.15) is 104 Å². The monoisotopic (exact) mass is 488 g/mol. The molecular weight excluding hydrogens is 447 g/mol. The quantitative estimate of drug-likeness (QED) is 0.176. The molecule has 0 amide bonds. The van der Waals surface area contributed by atoms with E-state index in [1.54, 1.807) is 21.7 Å². The predicted octanol–water partition coefficient (Wildman–Crippen LogP) is 4.07. The second kappa shape index (κ2) is 23.5. The van der Waals surface area contributed by atoms with Crippen molar-refractivity contribution in [2.75, 3.05) is 0 Å². The molecule has 0 unspecified atom stereocenters. The molecule has 0 heterocycles. The maximum absolute atomic E-state index is 10.00. The van der Waals surface area contributed by atoms with E-state index in [1.165, 1.54) is 71.1 Å². The van der Waals surface area contributed by atoms with Crippen molar-refractivity contribution in [3.63, 3.8) is 0 Å². The van der Waals surface area contributed by atoms with Gasteiger partial charge in [-0.25, -0.2) is 0 Å². The molecule has 0 aromatic rings. The normalized spacial score (nSPS) is 10.7. The Bertz CT molecular complexity index is 367. The van der Waals surface area contributed by atoms with Crippen LogP contribution < -0.4 is 10.2 Å². The van der Waals surface area contributed by atoms with Crippen molar-refractivity contribution in [3.05, 3.63) is 11.6 Å². The Balaban J connectivity index is 0. The van der Waals surface area contributed by atoms with Crippen molar-refractivity contribution in [3.8, 4) is 0 Å². The maximum atomic E-state index is 10.00. The van der Waals surface area contributed by atoms with Gasteiger partial charge in [0, 0.05) is 0 Å². The molecule has 0 aromatic carbocycles. The number of carboxylic acids is 2. The van der Waals surface area contributed by atoms with E-state index in [2.05, 4.69) is 13.8 Å². The van der Waals surface area contributed by atoms with Crippen LogP contribution in [0.4, 0.5) is 0 Å². The fraction of sp³-hybridized carbons (Fsp3) is 0.818. The Kier molecular flexibility index (Phi) is 25.0. The van der Waals surface area contributed by atoms with E-state index in [0.717, 1.165) is 0 Å². The molecule has 0 rings (SSSR count). The standard InChI is InChI=1S/2C8H17.C6H8O4.Sn/c2*1-3-5-7-8-6-4-2;1-2-4(6(9)10)3-5(7)8;/h2*1,3-8H2,2H3;3H,2H2,1H3,(H,7,8)(H,9,10);/q;;;+2/p-2/b;;4-3-;. The van der Waals surface area contributed by atoms with Gasteiger partial charge in [0.25, 0.3) is 0 Å². The molecule has 0 aromatic heterocycles. The van der Waals surface area contributed by atoms with Crippen LogP contribution in [0.15, 0.2) is 11.6 Å². The minimum absolute atomic E-state index is 0.0736. The molecule has 0 saturated heterocycles. The SMILES string of the molecule is CC/C(=C/C(=O)[O-])C(=O)[O-].CCCCCCC[CH2][Sn+2][CH2]CCCCCCC. The summed E-state index contributed by atoms with van der Waals surface area (Å²) in [5.74, 6) is -2.98. The summed E-state index contributed by atoms with van der Waals surface area (Å²) in [7, 11) is 0. The Labute approximate surface area is 177 Å². The zero-order chi connectivity index (χ0) is 20.8. The molecule has 5 heteroatoms. The molecule has 0 aliphatic heterocycles. The van der Waals surface area contributed by atoms with Gasteiger partial charge in [-0.3, -0.25) is 0 Å². The van der Waals surface area contributed by atoms with Crippen molar-refractivity contribution < 1.29 is 19.8 Å². The second-order valence-electron chi connectivity index (χ2n) is 6.92. The first-order valence-corrected chi connectivity index (χ1v) is 14.9. The van der Waals surface area contributed by atoms with Crippen molar-refractivity contribution in [2.24, 2.45) is 0 Å². The number of rotatable bonds is 17. The molecule has 0 aliphatic carbocycles. The van der Waals surface area contributed by atoms with Gasteiger partial charge in [0.05, 0.1) is 11.9 Å². The Morgan fingerprint density at radius 3 is 1.41 bits per heavy atom. The van der Waals surface area contributed by atoms with Crippen molar-refractivity contribution in [2.45, 2.75) is 113 Å². The van der Waals surface area contributed by atoms with E-state index in [0.29, 0.717) is 6.08 Å². The number of carbonyl (C=O) groups excluding carboxylic acids is 2. The van der Waals surface area contributed by atoms with Crippen LogP contribution in [0.5, 0.6) is 0 Å². The fourth-order valence-corrected chi connectivity index (χ4v) is 6.20. The van der Waals surface area contributed by atoms with Gasteiger partial charge in [-0.05, 0) is 18.1 Å². The molecule has 0 radical (unpaired) electrons. The number of aliphatic carboxylic acids is 2. The van der Waals surface area contributed by atoms with Crippen LogP contribution in [0.3, 0.4) is 0 Å². The summed E-state index contributed by atoms with van der Waals surface area (Å²) in [5, 5.41) is 19.8.